The zero-order valence-corrected chi connectivity index (χ0v) is 18.5. The van der Waals surface area contributed by atoms with Crippen LogP contribution in [-0.2, 0) is 20.5 Å². The Morgan fingerprint density at radius 1 is 1.03 bits per heavy atom. The van der Waals surface area contributed by atoms with Crippen molar-refractivity contribution in [1.29, 1.82) is 0 Å². The van der Waals surface area contributed by atoms with Crippen LogP contribution in [-0.4, -0.2) is 24.4 Å². The molecular weight excluding hydrogens is 433 g/mol. The van der Waals surface area contributed by atoms with E-state index in [0.717, 1.165) is 17.0 Å². The molecule has 0 bridgehead atoms. The van der Waals surface area contributed by atoms with Gasteiger partial charge in [0.05, 0.1) is 16.8 Å². The Morgan fingerprint density at radius 2 is 1.65 bits per heavy atom. The third-order valence-corrected chi connectivity index (χ3v) is 5.46. The second-order valence-corrected chi connectivity index (χ2v) is 9.08. The molecule has 2 rings (SSSR count). The van der Waals surface area contributed by atoms with Crippen molar-refractivity contribution in [3.8, 4) is 0 Å². The highest BCUT2D eigenvalue weighted by molar-refractivity contribution is 7.16. The summed E-state index contributed by atoms with van der Waals surface area (Å²) in [5.74, 6) is -2.08. The first-order valence-corrected chi connectivity index (χ1v) is 10.1. The van der Waals surface area contributed by atoms with E-state index >= 15 is 0 Å². The fraction of sp³-hybridized carbons (Fsp3) is 0.381. The van der Waals surface area contributed by atoms with E-state index in [0.29, 0.717) is 10.6 Å². The number of nitrogens with one attached hydrogen (secondary N) is 2. The topological polar surface area (TPSA) is 84.5 Å². The highest BCUT2D eigenvalue weighted by Crippen LogP contribution is 2.35. The SMILES string of the molecule is Cc1sc(NC(=O)C(C)(C)C)c(C(=O)OCC(=O)Nc2ccccc2C(F)(F)F)c1C. The number of hydrogen-bond donors (Lipinski definition) is 2. The number of rotatable bonds is 5. The summed E-state index contributed by atoms with van der Waals surface area (Å²) in [5.41, 5.74) is -1.44. The fourth-order valence-corrected chi connectivity index (χ4v) is 3.52. The molecule has 0 aliphatic rings. The molecule has 1 aromatic carbocycles. The van der Waals surface area contributed by atoms with E-state index in [1.54, 1.807) is 34.6 Å². The summed E-state index contributed by atoms with van der Waals surface area (Å²) in [5, 5.41) is 5.10. The van der Waals surface area contributed by atoms with Gasteiger partial charge in [-0.2, -0.15) is 13.2 Å². The van der Waals surface area contributed by atoms with Gasteiger partial charge in [-0.25, -0.2) is 4.79 Å². The summed E-state index contributed by atoms with van der Waals surface area (Å²) in [6.07, 6.45) is -4.65. The van der Waals surface area contributed by atoms with E-state index in [9.17, 15) is 27.6 Å². The number of ether oxygens (including phenoxy) is 1. The Balaban J connectivity index is 2.12. The smallest absolute Gasteiger partial charge is 0.418 e. The van der Waals surface area contributed by atoms with Gasteiger partial charge >= 0.3 is 12.1 Å². The predicted octanol–water partition coefficient (Wildman–Crippen LogP) is 5.16. The highest BCUT2D eigenvalue weighted by Gasteiger charge is 2.33. The Bertz CT molecular complexity index is 1010. The second-order valence-electron chi connectivity index (χ2n) is 7.86. The molecule has 6 nitrogen and oxygen atoms in total. The van der Waals surface area contributed by atoms with Gasteiger partial charge in [0.1, 0.15) is 5.00 Å². The summed E-state index contributed by atoms with van der Waals surface area (Å²) in [4.78, 5) is 37.8. The molecular formula is C21H23F3N2O4S. The maximum Gasteiger partial charge on any atom is 0.418 e. The normalized spacial score (nSPS) is 11.7. The van der Waals surface area contributed by atoms with Crippen molar-refractivity contribution in [2.24, 2.45) is 5.41 Å². The number of carbonyl (C=O) groups is 3. The number of amides is 2. The molecule has 0 unspecified atom stereocenters. The molecule has 0 saturated carbocycles. The standard InChI is InChI=1S/C21H23F3N2O4S/c1-11-12(2)31-17(26-19(29)20(3,4)5)16(11)18(28)30-10-15(27)25-14-9-7-6-8-13(14)21(22,23)24/h6-9H,10H2,1-5H3,(H,25,27)(H,26,29). The van der Waals surface area contributed by atoms with Crippen molar-refractivity contribution < 1.29 is 32.3 Å². The number of anilines is 2. The van der Waals surface area contributed by atoms with Crippen LogP contribution in [0.4, 0.5) is 23.9 Å². The maximum absolute atomic E-state index is 13.0. The summed E-state index contributed by atoms with van der Waals surface area (Å²) in [6.45, 7) is 7.81. The lowest BCUT2D eigenvalue weighted by atomic mass is 9.96. The maximum atomic E-state index is 13.0. The molecule has 1 heterocycles. The molecule has 2 amide bonds. The first-order valence-electron chi connectivity index (χ1n) is 9.26. The lowest BCUT2D eigenvalue weighted by Gasteiger charge is -2.17. The molecule has 0 radical (unpaired) electrons. The van der Waals surface area contributed by atoms with Crippen molar-refractivity contribution >= 4 is 39.8 Å². The second kappa shape index (κ2) is 9.09. The summed E-state index contributed by atoms with van der Waals surface area (Å²) in [7, 11) is 0. The molecule has 1 aromatic heterocycles. The van der Waals surface area contributed by atoms with Crippen molar-refractivity contribution in [2.75, 3.05) is 17.2 Å². The van der Waals surface area contributed by atoms with Gasteiger partial charge in [-0.1, -0.05) is 32.9 Å². The van der Waals surface area contributed by atoms with Crippen molar-refractivity contribution in [3.63, 3.8) is 0 Å². The van der Waals surface area contributed by atoms with Gasteiger partial charge in [0.15, 0.2) is 6.61 Å². The first kappa shape index (κ1) is 24.4. The van der Waals surface area contributed by atoms with Crippen LogP contribution in [0.1, 0.15) is 47.1 Å². The Labute approximate surface area is 181 Å². The number of benzene rings is 1. The van der Waals surface area contributed by atoms with Crippen LogP contribution in [0.15, 0.2) is 24.3 Å². The third-order valence-electron chi connectivity index (χ3n) is 4.34. The lowest BCUT2D eigenvalue weighted by Crippen LogP contribution is -2.28. The van der Waals surface area contributed by atoms with E-state index < -0.39 is 41.3 Å². The van der Waals surface area contributed by atoms with Crippen LogP contribution in [0.5, 0.6) is 0 Å². The number of aryl methyl sites for hydroxylation is 1. The molecule has 0 spiro atoms. The quantitative estimate of drug-likeness (QED) is 0.609. The lowest BCUT2D eigenvalue weighted by molar-refractivity contribution is -0.137. The number of carbonyl (C=O) groups excluding carboxylic acids is 3. The zero-order chi connectivity index (χ0) is 23.6. The minimum atomic E-state index is -4.65. The largest absolute Gasteiger partial charge is 0.452 e. The van der Waals surface area contributed by atoms with Crippen molar-refractivity contribution in [1.82, 2.24) is 0 Å². The van der Waals surface area contributed by atoms with Crippen LogP contribution >= 0.6 is 11.3 Å². The summed E-state index contributed by atoms with van der Waals surface area (Å²) in [6, 6.07) is 4.49. The van der Waals surface area contributed by atoms with Gasteiger partial charge in [0, 0.05) is 10.3 Å². The number of para-hydroxylation sites is 1. The minimum Gasteiger partial charge on any atom is -0.452 e. The van der Waals surface area contributed by atoms with Gasteiger partial charge in [0.2, 0.25) is 5.91 Å². The van der Waals surface area contributed by atoms with E-state index in [1.165, 1.54) is 23.5 Å². The van der Waals surface area contributed by atoms with Gasteiger partial charge in [-0.15, -0.1) is 11.3 Å². The average Bonchev–Trinajstić information content (AvgIpc) is 2.92. The number of thiophene rings is 1. The van der Waals surface area contributed by atoms with Crippen LogP contribution in [0.3, 0.4) is 0 Å². The number of alkyl halides is 3. The molecule has 2 N–H and O–H groups in total. The molecule has 0 fully saturated rings. The molecule has 10 heteroatoms. The molecule has 168 valence electrons. The summed E-state index contributed by atoms with van der Waals surface area (Å²) >= 11 is 1.20. The Morgan fingerprint density at radius 3 is 2.23 bits per heavy atom. The fourth-order valence-electron chi connectivity index (χ4n) is 2.48. The molecule has 0 aliphatic heterocycles. The summed E-state index contributed by atoms with van der Waals surface area (Å²) < 4.78 is 44.1. The minimum absolute atomic E-state index is 0.114. The van der Waals surface area contributed by atoms with Gasteiger partial charge in [0.25, 0.3) is 5.91 Å². The molecule has 2 aromatic rings. The van der Waals surface area contributed by atoms with Crippen LogP contribution in [0, 0.1) is 19.3 Å². The van der Waals surface area contributed by atoms with Crippen molar-refractivity contribution in [3.05, 3.63) is 45.8 Å². The first-order chi connectivity index (χ1) is 14.2. The van der Waals surface area contributed by atoms with Gasteiger partial charge in [-0.3, -0.25) is 9.59 Å². The number of halogens is 3. The molecule has 0 atom stereocenters. The van der Waals surface area contributed by atoms with Crippen molar-refractivity contribution in [2.45, 2.75) is 40.8 Å². The van der Waals surface area contributed by atoms with Crippen LogP contribution < -0.4 is 10.6 Å². The number of hydrogen-bond acceptors (Lipinski definition) is 5. The monoisotopic (exact) mass is 456 g/mol. The number of esters is 1. The molecule has 0 aliphatic carbocycles. The average molecular weight is 456 g/mol. The van der Waals surface area contributed by atoms with E-state index in [-0.39, 0.29) is 11.5 Å². The predicted molar refractivity (Wildman–Crippen MR) is 112 cm³/mol. The van der Waals surface area contributed by atoms with Gasteiger partial charge in [-0.05, 0) is 31.5 Å². The molecule has 0 saturated heterocycles. The molecule has 31 heavy (non-hydrogen) atoms. The van der Waals surface area contributed by atoms with Crippen LogP contribution in [0.25, 0.3) is 0 Å². The Kier molecular flexibility index (Phi) is 7.15. The van der Waals surface area contributed by atoms with E-state index in [4.69, 9.17) is 4.74 Å². The Hall–Kier alpha value is -2.88. The third kappa shape index (κ3) is 6.06. The van der Waals surface area contributed by atoms with E-state index in [1.807, 2.05) is 0 Å². The van der Waals surface area contributed by atoms with Gasteiger partial charge < -0.3 is 15.4 Å². The highest BCUT2D eigenvalue weighted by atomic mass is 32.1. The van der Waals surface area contributed by atoms with Crippen LogP contribution in [0.2, 0.25) is 0 Å². The van der Waals surface area contributed by atoms with E-state index in [2.05, 4.69) is 10.6 Å². The zero-order valence-electron chi connectivity index (χ0n) is 17.7.